The van der Waals surface area contributed by atoms with Crippen LogP contribution in [0.1, 0.15) is 13.8 Å². The van der Waals surface area contributed by atoms with E-state index in [4.69, 9.17) is 5.73 Å². The van der Waals surface area contributed by atoms with Crippen molar-refractivity contribution < 1.29 is 33.7 Å². The van der Waals surface area contributed by atoms with Gasteiger partial charge in [0.2, 0.25) is 0 Å². The van der Waals surface area contributed by atoms with Gasteiger partial charge in [0.25, 0.3) is 0 Å². The van der Waals surface area contributed by atoms with Crippen molar-refractivity contribution in [1.29, 1.82) is 0 Å². The summed E-state index contributed by atoms with van der Waals surface area (Å²) in [7, 11) is 0. The number of alkyl halides is 1. The van der Waals surface area contributed by atoms with Crippen LogP contribution in [0.2, 0.25) is 0 Å². The number of halogens is 1. The van der Waals surface area contributed by atoms with E-state index >= 15 is 0 Å². The molecule has 0 aromatic carbocycles. The number of rotatable bonds is 8. The Morgan fingerprint density at radius 3 is 2.05 bits per heavy atom. The van der Waals surface area contributed by atoms with E-state index in [2.05, 4.69) is 9.47 Å². The van der Waals surface area contributed by atoms with Gasteiger partial charge in [-0.1, -0.05) is 0 Å². The topological polar surface area (TPSA) is 119 Å². The van der Waals surface area contributed by atoms with E-state index in [9.17, 15) is 24.2 Å². The zero-order valence-corrected chi connectivity index (χ0v) is 10.9. The first kappa shape index (κ1) is 17.8. The van der Waals surface area contributed by atoms with Crippen molar-refractivity contribution >= 4 is 11.9 Å². The lowest BCUT2D eigenvalue weighted by Crippen LogP contribution is -2.53. The molecule has 0 radical (unpaired) electrons. The molecule has 0 heterocycles. The summed E-state index contributed by atoms with van der Waals surface area (Å²) in [6, 6.07) is -1.48. The molecule has 0 saturated carbocycles. The molecule has 8 heteroatoms. The second-order valence-corrected chi connectivity index (χ2v) is 3.77. The predicted molar refractivity (Wildman–Crippen MR) is 62.7 cm³/mol. The van der Waals surface area contributed by atoms with Gasteiger partial charge < -0.3 is 25.4 Å². The fourth-order valence-electron chi connectivity index (χ4n) is 1.45. The predicted octanol–water partition coefficient (Wildman–Crippen LogP) is -1.25. The fraction of sp³-hybridized carbons (Fsp3) is 0.818. The summed E-state index contributed by atoms with van der Waals surface area (Å²) in [5.41, 5.74) is 5.48. The first-order valence-electron chi connectivity index (χ1n) is 5.91. The number of aliphatic hydroxyl groups is 2. The maximum Gasteiger partial charge on any atom is 0.335 e. The van der Waals surface area contributed by atoms with Gasteiger partial charge in [-0.2, -0.15) is 0 Å². The monoisotopic (exact) mass is 281 g/mol. The molecule has 0 aromatic heterocycles. The highest BCUT2D eigenvalue weighted by molar-refractivity contribution is 5.84. The van der Waals surface area contributed by atoms with Crippen LogP contribution in [-0.4, -0.2) is 60.3 Å². The Balaban J connectivity index is 5.04. The van der Waals surface area contributed by atoms with Gasteiger partial charge in [-0.3, -0.25) is 4.79 Å². The molecule has 0 spiro atoms. The van der Waals surface area contributed by atoms with E-state index in [1.54, 1.807) is 0 Å². The third-order valence-electron chi connectivity index (χ3n) is 2.44. The van der Waals surface area contributed by atoms with Gasteiger partial charge >= 0.3 is 11.9 Å². The number of ether oxygens (including phenoxy) is 2. The molecule has 0 saturated heterocycles. The summed E-state index contributed by atoms with van der Waals surface area (Å²) in [5.74, 6) is -3.67. The smallest absolute Gasteiger partial charge is 0.335 e. The minimum atomic E-state index is -1.92. The normalized spacial score (nSPS) is 17.2. The molecule has 112 valence electrons. The highest BCUT2D eigenvalue weighted by Crippen LogP contribution is 2.16. The lowest BCUT2D eigenvalue weighted by atomic mass is 9.90. The third kappa shape index (κ3) is 5.09. The molecule has 4 atom stereocenters. The molecule has 19 heavy (non-hydrogen) atoms. The first-order chi connectivity index (χ1) is 8.90. The molecule has 0 aromatic rings. The van der Waals surface area contributed by atoms with E-state index < -0.39 is 42.8 Å². The van der Waals surface area contributed by atoms with Crippen LogP contribution in [0, 0.1) is 5.92 Å². The summed E-state index contributed by atoms with van der Waals surface area (Å²) < 4.78 is 21.6. The Morgan fingerprint density at radius 1 is 1.16 bits per heavy atom. The average Bonchev–Trinajstić information content (AvgIpc) is 2.38. The van der Waals surface area contributed by atoms with Crippen molar-refractivity contribution in [3.8, 4) is 0 Å². The van der Waals surface area contributed by atoms with Crippen molar-refractivity contribution in [2.45, 2.75) is 32.1 Å². The Labute approximate surface area is 110 Å². The maximum absolute atomic E-state index is 12.4. The van der Waals surface area contributed by atoms with Crippen LogP contribution in [0.25, 0.3) is 0 Å². The molecule has 0 rings (SSSR count). The molecule has 4 N–H and O–H groups in total. The van der Waals surface area contributed by atoms with Gasteiger partial charge in [0.1, 0.15) is 12.6 Å². The van der Waals surface area contributed by atoms with Crippen molar-refractivity contribution in [2.24, 2.45) is 11.7 Å². The van der Waals surface area contributed by atoms with Crippen LogP contribution in [0.3, 0.4) is 0 Å². The van der Waals surface area contributed by atoms with Crippen LogP contribution >= 0.6 is 0 Å². The Morgan fingerprint density at radius 2 is 1.63 bits per heavy atom. The van der Waals surface area contributed by atoms with Gasteiger partial charge in [0, 0.05) is 6.04 Å². The van der Waals surface area contributed by atoms with Gasteiger partial charge in [-0.05, 0) is 13.8 Å². The summed E-state index contributed by atoms with van der Waals surface area (Å²) in [5, 5.41) is 19.0. The SMILES string of the molecule is CCOC(=O)[C@@H]([C@@H](N)[C@@H](O)CF)[C@H](O)C(=O)OCC. The highest BCUT2D eigenvalue weighted by atomic mass is 19.1. The Bertz CT molecular complexity index is 301. The van der Waals surface area contributed by atoms with Crippen LogP contribution in [0.15, 0.2) is 0 Å². The molecule has 0 aliphatic heterocycles. The molecule has 0 fully saturated rings. The highest BCUT2D eigenvalue weighted by Gasteiger charge is 2.41. The van der Waals surface area contributed by atoms with Crippen molar-refractivity contribution in [3.63, 3.8) is 0 Å². The van der Waals surface area contributed by atoms with Crippen molar-refractivity contribution in [3.05, 3.63) is 0 Å². The lowest BCUT2D eigenvalue weighted by Gasteiger charge is -2.27. The molecular formula is C11H20FNO6. The van der Waals surface area contributed by atoms with Gasteiger partial charge in [0.05, 0.1) is 19.3 Å². The molecule has 7 nitrogen and oxygen atoms in total. The minimum Gasteiger partial charge on any atom is -0.466 e. The van der Waals surface area contributed by atoms with E-state index in [1.165, 1.54) is 13.8 Å². The second kappa shape index (κ2) is 8.78. The van der Waals surface area contributed by atoms with E-state index in [0.29, 0.717) is 0 Å². The van der Waals surface area contributed by atoms with Gasteiger partial charge in [-0.15, -0.1) is 0 Å². The van der Waals surface area contributed by atoms with E-state index in [0.717, 1.165) is 0 Å². The van der Waals surface area contributed by atoms with Crippen LogP contribution in [0.4, 0.5) is 4.39 Å². The van der Waals surface area contributed by atoms with Gasteiger partial charge in [-0.25, -0.2) is 9.18 Å². The largest absolute Gasteiger partial charge is 0.466 e. The maximum atomic E-state index is 12.4. The van der Waals surface area contributed by atoms with Crippen LogP contribution in [0.5, 0.6) is 0 Å². The van der Waals surface area contributed by atoms with E-state index in [1.807, 2.05) is 0 Å². The van der Waals surface area contributed by atoms with Crippen LogP contribution in [-0.2, 0) is 19.1 Å². The average molecular weight is 281 g/mol. The molecule has 0 bridgehead atoms. The summed E-state index contributed by atoms with van der Waals surface area (Å²) in [6.07, 6.45) is -3.62. The van der Waals surface area contributed by atoms with Crippen molar-refractivity contribution in [2.75, 3.05) is 19.9 Å². The number of hydrogen-bond donors (Lipinski definition) is 3. The molecular weight excluding hydrogens is 261 g/mol. The number of carbonyl (C=O) groups is 2. The van der Waals surface area contributed by atoms with Crippen LogP contribution < -0.4 is 5.73 Å². The number of nitrogens with two attached hydrogens (primary N) is 1. The second-order valence-electron chi connectivity index (χ2n) is 3.77. The third-order valence-corrected chi connectivity index (χ3v) is 2.44. The number of esters is 2. The fourth-order valence-corrected chi connectivity index (χ4v) is 1.45. The summed E-state index contributed by atoms with van der Waals surface area (Å²) in [6.45, 7) is 1.80. The Hall–Kier alpha value is -1.25. The standard InChI is InChI=1S/C11H20FNO6/c1-3-18-10(16)7(8(13)6(14)5-12)9(15)11(17)19-4-2/h6-9,14-15H,3-5,13H2,1-2H3/t6-,7-,8-,9-/m0/s1. The quantitative estimate of drug-likeness (QED) is 0.475. The molecule has 0 amide bonds. The zero-order chi connectivity index (χ0) is 15.0. The molecule has 0 unspecified atom stereocenters. The minimum absolute atomic E-state index is 0.00760. The molecule has 0 aliphatic carbocycles. The zero-order valence-electron chi connectivity index (χ0n) is 10.9. The van der Waals surface area contributed by atoms with Gasteiger partial charge in [0.15, 0.2) is 6.10 Å². The summed E-state index contributed by atoms with van der Waals surface area (Å²) in [4.78, 5) is 23.0. The van der Waals surface area contributed by atoms with Crippen molar-refractivity contribution in [1.82, 2.24) is 0 Å². The number of carbonyl (C=O) groups excluding carboxylic acids is 2. The lowest BCUT2D eigenvalue weighted by molar-refractivity contribution is -0.168. The summed E-state index contributed by atoms with van der Waals surface area (Å²) >= 11 is 0. The first-order valence-corrected chi connectivity index (χ1v) is 5.91. The molecule has 0 aliphatic rings. The number of hydrogen-bond acceptors (Lipinski definition) is 7. The Kier molecular flexibility index (Phi) is 8.21. The number of aliphatic hydroxyl groups excluding tert-OH is 2. The van der Waals surface area contributed by atoms with E-state index in [-0.39, 0.29) is 13.2 Å².